The number of hydrogen-bond donors (Lipinski definition) is 1. The van der Waals surface area contributed by atoms with Crippen LogP contribution in [0.4, 0.5) is 0 Å². The molecular formula is C23H33NO6. The van der Waals surface area contributed by atoms with Crippen molar-refractivity contribution in [2.75, 3.05) is 34.7 Å². The van der Waals surface area contributed by atoms with Gasteiger partial charge in [0.15, 0.2) is 11.4 Å². The van der Waals surface area contributed by atoms with Gasteiger partial charge in [0, 0.05) is 57.5 Å². The molecule has 2 saturated heterocycles. The van der Waals surface area contributed by atoms with E-state index >= 15 is 0 Å². The topological polar surface area (TPSA) is 75.2 Å². The van der Waals surface area contributed by atoms with Crippen molar-refractivity contribution >= 4 is 5.78 Å². The maximum Gasteiger partial charge on any atom is 0.174 e. The van der Waals surface area contributed by atoms with E-state index in [0.29, 0.717) is 18.3 Å². The van der Waals surface area contributed by atoms with E-state index in [1.807, 2.05) is 14.2 Å². The maximum atomic E-state index is 14.6. The highest BCUT2D eigenvalue weighted by atomic mass is 16.7. The largest absolute Gasteiger partial charge is 0.381 e. The van der Waals surface area contributed by atoms with E-state index in [4.69, 9.17) is 23.7 Å². The van der Waals surface area contributed by atoms with E-state index in [1.165, 1.54) is 0 Å². The molecule has 7 bridgehead atoms. The Kier molecular flexibility index (Phi) is 3.47. The molecule has 0 aromatic carbocycles. The Bertz CT molecular complexity index is 822. The number of carbonyl (C=O) groups is 1. The second kappa shape index (κ2) is 5.49. The Morgan fingerprint density at radius 1 is 1.13 bits per heavy atom. The molecule has 0 aromatic heterocycles. The molecule has 0 unspecified atom stereocenters. The summed E-state index contributed by atoms with van der Waals surface area (Å²) in [7, 11) is 5.42. The van der Waals surface area contributed by atoms with Crippen molar-refractivity contribution in [3.05, 3.63) is 0 Å². The molecular weight excluding hydrogens is 386 g/mol. The zero-order chi connectivity index (χ0) is 20.7. The Balaban J connectivity index is 1.55. The summed E-state index contributed by atoms with van der Waals surface area (Å²) in [6, 6.07) is -0.0727. The van der Waals surface area contributed by atoms with Crippen molar-refractivity contribution in [2.24, 2.45) is 34.5 Å². The van der Waals surface area contributed by atoms with Crippen LogP contribution >= 0.6 is 0 Å². The number of hydrogen-bond acceptors (Lipinski definition) is 7. The summed E-state index contributed by atoms with van der Waals surface area (Å²) >= 11 is 0. The molecule has 7 rings (SSSR count). The summed E-state index contributed by atoms with van der Waals surface area (Å²) in [5, 5.41) is 3.87. The average Bonchev–Trinajstić information content (AvgIpc) is 3.31. The minimum Gasteiger partial charge on any atom is -0.381 e. The summed E-state index contributed by atoms with van der Waals surface area (Å²) in [4.78, 5) is 14.6. The van der Waals surface area contributed by atoms with Crippen molar-refractivity contribution in [1.82, 2.24) is 5.32 Å². The number of piperidine rings is 1. The van der Waals surface area contributed by atoms with Crippen LogP contribution in [0, 0.1) is 34.5 Å². The van der Waals surface area contributed by atoms with Gasteiger partial charge in [-0.1, -0.05) is 6.92 Å². The molecule has 30 heavy (non-hydrogen) atoms. The Hall–Kier alpha value is -0.570. The number of rotatable bonds is 3. The van der Waals surface area contributed by atoms with Crippen molar-refractivity contribution in [1.29, 1.82) is 0 Å². The van der Waals surface area contributed by atoms with Crippen molar-refractivity contribution in [3.63, 3.8) is 0 Å². The highest BCUT2D eigenvalue weighted by Crippen LogP contribution is 2.80. The van der Waals surface area contributed by atoms with Crippen LogP contribution in [0.5, 0.6) is 0 Å². The van der Waals surface area contributed by atoms with Crippen molar-refractivity contribution < 1.29 is 28.5 Å². The van der Waals surface area contributed by atoms with Crippen LogP contribution in [0.1, 0.15) is 32.6 Å². The van der Waals surface area contributed by atoms with Crippen molar-refractivity contribution in [2.45, 2.75) is 68.2 Å². The second-order valence-corrected chi connectivity index (χ2v) is 11.3. The lowest BCUT2D eigenvalue weighted by Crippen LogP contribution is -2.80. The van der Waals surface area contributed by atoms with Crippen molar-refractivity contribution in [3.8, 4) is 0 Å². The lowest BCUT2D eigenvalue weighted by atomic mass is 9.43. The summed E-state index contributed by atoms with van der Waals surface area (Å²) in [5.74, 6) is 0.947. The molecule has 2 heterocycles. The van der Waals surface area contributed by atoms with Crippen LogP contribution in [0.25, 0.3) is 0 Å². The normalized spacial score (nSPS) is 64.5. The quantitative estimate of drug-likeness (QED) is 0.735. The Morgan fingerprint density at radius 3 is 2.70 bits per heavy atom. The van der Waals surface area contributed by atoms with Gasteiger partial charge in [-0.15, -0.1) is 0 Å². The number of carbonyl (C=O) groups excluding carboxylic acids is 1. The number of ketones is 1. The van der Waals surface area contributed by atoms with E-state index in [1.54, 1.807) is 7.11 Å². The lowest BCUT2D eigenvalue weighted by molar-refractivity contribution is -0.256. The zero-order valence-corrected chi connectivity index (χ0v) is 18.3. The van der Waals surface area contributed by atoms with Gasteiger partial charge in [-0.05, 0) is 30.6 Å². The van der Waals surface area contributed by atoms with E-state index in [9.17, 15) is 4.79 Å². The Morgan fingerprint density at radius 2 is 1.97 bits per heavy atom. The molecule has 3 spiro atoms. The fourth-order valence-corrected chi connectivity index (χ4v) is 10.4. The molecule has 5 saturated carbocycles. The highest BCUT2D eigenvalue weighted by Gasteiger charge is 2.92. The fourth-order valence-electron chi connectivity index (χ4n) is 10.4. The molecule has 0 amide bonds. The molecule has 0 radical (unpaired) electrons. The summed E-state index contributed by atoms with van der Waals surface area (Å²) < 4.78 is 31.5. The summed E-state index contributed by atoms with van der Waals surface area (Å²) in [5.41, 5.74) is -2.00. The monoisotopic (exact) mass is 419 g/mol. The van der Waals surface area contributed by atoms with Gasteiger partial charge in [0.1, 0.15) is 12.4 Å². The van der Waals surface area contributed by atoms with Crippen LogP contribution in [-0.2, 0) is 28.5 Å². The molecule has 5 aliphatic carbocycles. The van der Waals surface area contributed by atoms with Gasteiger partial charge in [-0.25, -0.2) is 0 Å². The third kappa shape index (κ3) is 1.54. The molecule has 2 aliphatic heterocycles. The molecule has 12 atom stereocenters. The summed E-state index contributed by atoms with van der Waals surface area (Å²) in [6.07, 6.45) is 3.78. The van der Waals surface area contributed by atoms with Crippen LogP contribution in [0.15, 0.2) is 0 Å². The molecule has 166 valence electrons. The second-order valence-electron chi connectivity index (χ2n) is 11.3. The van der Waals surface area contributed by atoms with E-state index in [-0.39, 0.29) is 59.6 Å². The minimum absolute atomic E-state index is 0.00847. The first-order valence-electron chi connectivity index (χ1n) is 11.6. The number of methoxy groups -OCH3 is 3. The number of ether oxygens (including phenoxy) is 5. The maximum absolute atomic E-state index is 14.6. The van der Waals surface area contributed by atoms with Gasteiger partial charge in [0.05, 0.1) is 24.4 Å². The molecule has 7 nitrogen and oxygen atoms in total. The standard InChI is InChI=1S/C23H33NO6/c1-20-6-5-14(27-3)22-12-7-11-13(26-2)8-21(15(12)16(11)28-4)23(30-10-29-21,18(25)17(20)22)19(22)24-9-20/h11-17,19,24H,5-10H2,1-4H3/t11-,12-,13+,14+,15-,16+,17-,19+,20+,21-,22+,23+/m1/s1. The smallest absolute Gasteiger partial charge is 0.174 e. The average molecular weight is 420 g/mol. The van der Waals surface area contributed by atoms with Crippen LogP contribution in [0.3, 0.4) is 0 Å². The van der Waals surface area contributed by atoms with Gasteiger partial charge in [0.2, 0.25) is 0 Å². The minimum atomic E-state index is -0.972. The van der Waals surface area contributed by atoms with Crippen LogP contribution < -0.4 is 5.32 Å². The highest BCUT2D eigenvalue weighted by molar-refractivity contribution is 5.98. The van der Waals surface area contributed by atoms with Crippen LogP contribution in [-0.4, -0.2) is 76.0 Å². The first-order valence-corrected chi connectivity index (χ1v) is 11.6. The summed E-state index contributed by atoms with van der Waals surface area (Å²) in [6.45, 7) is 3.33. The lowest BCUT2D eigenvalue weighted by Gasteiger charge is -2.66. The molecule has 7 fully saturated rings. The van der Waals surface area contributed by atoms with Gasteiger partial charge in [-0.2, -0.15) is 0 Å². The SMILES string of the molecule is CO[C@H]1[C@@H]2C[C@@H]3[C@H]1[C@@]1(C[C@@H]2OC)OCO[C@]12C(=O)[C@@H]1[C@@]4(C)CC[C@H](OC)[C@@]31[C@@H]2NC4. The first kappa shape index (κ1) is 18.9. The predicted molar refractivity (Wildman–Crippen MR) is 105 cm³/mol. The third-order valence-electron chi connectivity index (χ3n) is 11.0. The Labute approximate surface area is 177 Å². The van der Waals surface area contributed by atoms with E-state index < -0.39 is 11.2 Å². The molecule has 7 aliphatic rings. The fraction of sp³-hybridized carbons (Fsp3) is 0.957. The number of Topliss-reactive ketones (excluding diaryl/α,β-unsaturated/α-hetero) is 1. The molecule has 0 aromatic rings. The van der Waals surface area contributed by atoms with Gasteiger partial charge in [0.25, 0.3) is 0 Å². The van der Waals surface area contributed by atoms with Gasteiger partial charge >= 0.3 is 0 Å². The first-order chi connectivity index (χ1) is 14.5. The number of fused-ring (bicyclic) bond motifs is 1. The predicted octanol–water partition coefficient (Wildman–Crippen LogP) is 1.14. The zero-order valence-electron chi connectivity index (χ0n) is 18.3. The van der Waals surface area contributed by atoms with E-state index in [0.717, 1.165) is 25.8 Å². The molecule has 7 heteroatoms. The number of nitrogens with one attached hydrogen (secondary N) is 1. The van der Waals surface area contributed by atoms with E-state index in [2.05, 4.69) is 12.2 Å². The van der Waals surface area contributed by atoms with Gasteiger partial charge < -0.3 is 29.0 Å². The third-order valence-corrected chi connectivity index (χ3v) is 11.0. The molecule has 1 N–H and O–H groups in total. The van der Waals surface area contributed by atoms with Gasteiger partial charge in [-0.3, -0.25) is 4.79 Å². The van der Waals surface area contributed by atoms with Crippen LogP contribution in [0.2, 0.25) is 0 Å².